The molecule has 0 aromatic heterocycles. The molecule has 70 valence electrons. The Kier molecular flexibility index (Phi) is 5.62. The SMILES string of the molecule is C=C/C(C)=c1/ccccc1=C.CC. The van der Waals surface area contributed by atoms with Gasteiger partial charge in [0.2, 0.25) is 0 Å². The number of allylic oxidation sites excluding steroid dienone is 1. The summed E-state index contributed by atoms with van der Waals surface area (Å²) in [6.45, 7) is 13.7. The predicted molar refractivity (Wildman–Crippen MR) is 61.8 cm³/mol. The van der Waals surface area contributed by atoms with Crippen molar-refractivity contribution in [3.8, 4) is 0 Å². The number of hydrogen-bond acceptors (Lipinski definition) is 0. The van der Waals surface area contributed by atoms with Gasteiger partial charge in [-0.05, 0) is 22.9 Å². The quantitative estimate of drug-likeness (QED) is 0.613. The second-order valence-electron chi connectivity index (χ2n) is 2.54. The molecule has 13 heavy (non-hydrogen) atoms. The lowest BCUT2D eigenvalue weighted by Gasteiger charge is -1.91. The lowest BCUT2D eigenvalue weighted by atomic mass is 10.1. The van der Waals surface area contributed by atoms with Crippen LogP contribution >= 0.6 is 0 Å². The first-order valence-electron chi connectivity index (χ1n) is 4.63. The van der Waals surface area contributed by atoms with Gasteiger partial charge < -0.3 is 0 Å². The fourth-order valence-corrected chi connectivity index (χ4v) is 1.01. The summed E-state index contributed by atoms with van der Waals surface area (Å²) in [5.41, 5.74) is 1.18. The molecule has 0 N–H and O–H groups in total. The molecule has 0 heterocycles. The summed E-state index contributed by atoms with van der Waals surface area (Å²) in [7, 11) is 0. The second kappa shape index (κ2) is 6.24. The first-order chi connectivity index (χ1) is 6.25. The third kappa shape index (κ3) is 3.29. The standard InChI is InChI=1S/C11H12.C2H6/c1-4-9(2)11-8-6-5-7-10(11)3;1-2/h4-8H,1,3H2,2H3;1-2H3/b11-9-;. The Morgan fingerprint density at radius 2 is 1.77 bits per heavy atom. The van der Waals surface area contributed by atoms with Crippen LogP contribution in [0.5, 0.6) is 0 Å². The van der Waals surface area contributed by atoms with Crippen LogP contribution in [0.3, 0.4) is 0 Å². The van der Waals surface area contributed by atoms with Crippen molar-refractivity contribution in [2.75, 3.05) is 0 Å². The first kappa shape index (κ1) is 11.7. The minimum Gasteiger partial charge on any atom is -0.0988 e. The summed E-state index contributed by atoms with van der Waals surface area (Å²) in [5, 5.41) is 2.24. The van der Waals surface area contributed by atoms with Crippen LogP contribution in [0.1, 0.15) is 20.8 Å². The van der Waals surface area contributed by atoms with E-state index in [4.69, 9.17) is 0 Å². The Bertz CT molecular complexity index is 358. The molecule has 0 spiro atoms. The van der Waals surface area contributed by atoms with Crippen LogP contribution in [0.15, 0.2) is 36.9 Å². The van der Waals surface area contributed by atoms with Crippen molar-refractivity contribution in [2.45, 2.75) is 20.8 Å². The van der Waals surface area contributed by atoms with Gasteiger partial charge in [0.05, 0.1) is 0 Å². The van der Waals surface area contributed by atoms with Crippen molar-refractivity contribution in [1.82, 2.24) is 0 Å². The van der Waals surface area contributed by atoms with Gasteiger partial charge in [-0.25, -0.2) is 0 Å². The zero-order chi connectivity index (χ0) is 10.3. The smallest absolute Gasteiger partial charge is 0.0161 e. The predicted octanol–water partition coefficient (Wildman–Crippen LogP) is 2.48. The summed E-state index contributed by atoms with van der Waals surface area (Å²) in [5.74, 6) is 0. The molecular formula is C13H18. The highest BCUT2D eigenvalue weighted by atomic mass is 13.9. The molecule has 0 amide bonds. The highest BCUT2D eigenvalue weighted by molar-refractivity contribution is 5.53. The van der Waals surface area contributed by atoms with Crippen molar-refractivity contribution >= 4 is 12.2 Å². The van der Waals surface area contributed by atoms with E-state index in [9.17, 15) is 0 Å². The van der Waals surface area contributed by atoms with E-state index in [-0.39, 0.29) is 0 Å². The van der Waals surface area contributed by atoms with Gasteiger partial charge in [-0.1, -0.05) is 57.3 Å². The number of hydrogen-bond donors (Lipinski definition) is 0. The maximum atomic E-state index is 3.92. The minimum atomic E-state index is 1.06. The molecule has 0 nitrogen and oxygen atoms in total. The molecule has 0 heteroatoms. The van der Waals surface area contributed by atoms with E-state index in [1.54, 1.807) is 0 Å². The Hall–Kier alpha value is -1.30. The van der Waals surface area contributed by atoms with Crippen LogP contribution in [0.4, 0.5) is 0 Å². The van der Waals surface area contributed by atoms with Gasteiger partial charge in [-0.15, -0.1) is 0 Å². The van der Waals surface area contributed by atoms with E-state index in [0.29, 0.717) is 0 Å². The summed E-state index contributed by atoms with van der Waals surface area (Å²) in [6.07, 6.45) is 1.85. The van der Waals surface area contributed by atoms with Gasteiger partial charge in [0.1, 0.15) is 0 Å². The summed E-state index contributed by atoms with van der Waals surface area (Å²) in [4.78, 5) is 0. The Labute approximate surface area is 80.9 Å². The van der Waals surface area contributed by atoms with E-state index >= 15 is 0 Å². The summed E-state index contributed by atoms with van der Waals surface area (Å²) in [6, 6.07) is 8.06. The molecule has 0 saturated heterocycles. The molecule has 0 bridgehead atoms. The molecule has 1 aromatic carbocycles. The number of benzene rings is 1. The molecule has 1 rings (SSSR count). The lowest BCUT2D eigenvalue weighted by Crippen LogP contribution is -2.23. The van der Waals surface area contributed by atoms with Gasteiger partial charge in [0.15, 0.2) is 0 Å². The minimum absolute atomic E-state index is 1.06. The topological polar surface area (TPSA) is 0 Å². The molecule has 0 atom stereocenters. The van der Waals surface area contributed by atoms with E-state index < -0.39 is 0 Å². The first-order valence-corrected chi connectivity index (χ1v) is 4.63. The van der Waals surface area contributed by atoms with Crippen LogP contribution < -0.4 is 10.4 Å². The average molecular weight is 174 g/mol. The molecule has 0 fully saturated rings. The van der Waals surface area contributed by atoms with Gasteiger partial charge in [-0.3, -0.25) is 0 Å². The van der Waals surface area contributed by atoms with E-state index in [0.717, 1.165) is 5.22 Å². The zero-order valence-electron chi connectivity index (χ0n) is 8.80. The van der Waals surface area contributed by atoms with Gasteiger partial charge >= 0.3 is 0 Å². The van der Waals surface area contributed by atoms with Crippen molar-refractivity contribution in [2.24, 2.45) is 0 Å². The molecule has 0 aliphatic rings. The Morgan fingerprint density at radius 3 is 2.23 bits per heavy atom. The van der Waals surface area contributed by atoms with Crippen LogP contribution in [-0.2, 0) is 0 Å². The summed E-state index contributed by atoms with van der Waals surface area (Å²) < 4.78 is 0. The molecule has 0 aliphatic carbocycles. The van der Waals surface area contributed by atoms with Crippen LogP contribution in [0, 0.1) is 0 Å². The van der Waals surface area contributed by atoms with Gasteiger partial charge in [0, 0.05) is 0 Å². The fourth-order valence-electron chi connectivity index (χ4n) is 1.01. The molecule has 1 aromatic rings. The van der Waals surface area contributed by atoms with E-state index in [1.165, 1.54) is 10.8 Å². The van der Waals surface area contributed by atoms with Crippen LogP contribution in [-0.4, -0.2) is 0 Å². The van der Waals surface area contributed by atoms with E-state index in [2.05, 4.69) is 19.2 Å². The normalized spacial score (nSPS) is 11.0. The van der Waals surface area contributed by atoms with Gasteiger partial charge in [-0.2, -0.15) is 0 Å². The average Bonchev–Trinajstić information content (AvgIpc) is 2.20. The fraction of sp³-hybridized carbons (Fsp3) is 0.231. The van der Waals surface area contributed by atoms with Crippen LogP contribution in [0.2, 0.25) is 0 Å². The molecular weight excluding hydrogens is 156 g/mol. The number of rotatable bonds is 1. The van der Waals surface area contributed by atoms with Crippen molar-refractivity contribution < 1.29 is 0 Å². The molecule has 0 aliphatic heterocycles. The van der Waals surface area contributed by atoms with Gasteiger partial charge in [0.25, 0.3) is 0 Å². The maximum absolute atomic E-state index is 3.92. The zero-order valence-corrected chi connectivity index (χ0v) is 8.80. The monoisotopic (exact) mass is 174 g/mol. The maximum Gasteiger partial charge on any atom is -0.0161 e. The third-order valence-electron chi connectivity index (χ3n) is 1.75. The van der Waals surface area contributed by atoms with Crippen molar-refractivity contribution in [3.63, 3.8) is 0 Å². The van der Waals surface area contributed by atoms with Crippen LogP contribution in [0.25, 0.3) is 12.2 Å². The molecule has 0 unspecified atom stereocenters. The van der Waals surface area contributed by atoms with E-state index in [1.807, 2.05) is 45.0 Å². The summed E-state index contributed by atoms with van der Waals surface area (Å²) >= 11 is 0. The molecule has 0 saturated carbocycles. The molecule has 0 radical (unpaired) electrons. The second-order valence-corrected chi connectivity index (χ2v) is 2.54. The third-order valence-corrected chi connectivity index (χ3v) is 1.75. The Morgan fingerprint density at radius 1 is 1.23 bits per heavy atom. The van der Waals surface area contributed by atoms with Crippen molar-refractivity contribution in [3.05, 3.63) is 47.4 Å². The Balaban J connectivity index is 0.000000671. The highest BCUT2D eigenvalue weighted by Gasteiger charge is 1.83. The van der Waals surface area contributed by atoms with Crippen molar-refractivity contribution in [1.29, 1.82) is 0 Å². The largest absolute Gasteiger partial charge is 0.0988 e. The lowest BCUT2D eigenvalue weighted by molar-refractivity contribution is 1.49. The highest BCUT2D eigenvalue weighted by Crippen LogP contribution is 1.87.